The molecule has 4 rings (SSSR count). The molecule has 0 amide bonds. The van der Waals surface area contributed by atoms with Crippen LogP contribution < -0.4 is 0 Å². The van der Waals surface area contributed by atoms with Crippen molar-refractivity contribution in [2.45, 2.75) is 63.4 Å². The van der Waals surface area contributed by atoms with Gasteiger partial charge in [-0.3, -0.25) is 4.90 Å². The van der Waals surface area contributed by atoms with E-state index in [0.29, 0.717) is 13.2 Å². The Morgan fingerprint density at radius 2 is 2.04 bits per heavy atom. The zero-order valence-corrected chi connectivity index (χ0v) is 15.1. The number of hydrogen-bond acceptors (Lipinski definition) is 5. The summed E-state index contributed by atoms with van der Waals surface area (Å²) >= 11 is 0. The van der Waals surface area contributed by atoms with Crippen molar-refractivity contribution in [2.24, 2.45) is 5.92 Å². The van der Waals surface area contributed by atoms with Crippen LogP contribution in [-0.2, 0) is 20.8 Å². The summed E-state index contributed by atoms with van der Waals surface area (Å²) in [6.45, 7) is 7.10. The molecule has 1 aromatic carbocycles. The molecule has 138 valence electrons. The Kier molecular flexibility index (Phi) is 4.86. The zero-order valence-electron chi connectivity index (χ0n) is 15.1. The highest BCUT2D eigenvalue weighted by molar-refractivity contribution is 5.13. The molecule has 1 aromatic rings. The highest BCUT2D eigenvalue weighted by Crippen LogP contribution is 2.41. The summed E-state index contributed by atoms with van der Waals surface area (Å²) in [5.41, 5.74) is 1.19. The lowest BCUT2D eigenvalue weighted by Gasteiger charge is -2.41. The van der Waals surface area contributed by atoms with Crippen molar-refractivity contribution in [1.29, 1.82) is 0 Å². The summed E-state index contributed by atoms with van der Waals surface area (Å²) in [7, 11) is 0. The first kappa shape index (κ1) is 17.4. The van der Waals surface area contributed by atoms with E-state index in [1.54, 1.807) is 0 Å². The maximum Gasteiger partial charge on any atom is 0.163 e. The van der Waals surface area contributed by atoms with E-state index in [1.807, 2.05) is 32.0 Å². The lowest BCUT2D eigenvalue weighted by Crippen LogP contribution is -2.54. The van der Waals surface area contributed by atoms with Gasteiger partial charge in [-0.05, 0) is 44.7 Å². The molecule has 3 heterocycles. The minimum atomic E-state index is -0.535. The molecule has 0 aliphatic carbocycles. The van der Waals surface area contributed by atoms with Gasteiger partial charge in [-0.25, -0.2) is 0 Å². The van der Waals surface area contributed by atoms with Crippen LogP contribution in [0.25, 0.3) is 0 Å². The Morgan fingerprint density at radius 3 is 2.84 bits per heavy atom. The molecule has 3 aliphatic rings. The maximum absolute atomic E-state index is 10.9. The number of benzene rings is 1. The molecule has 3 saturated heterocycles. The van der Waals surface area contributed by atoms with E-state index in [-0.39, 0.29) is 30.3 Å². The molecule has 0 spiro atoms. The van der Waals surface area contributed by atoms with E-state index in [1.165, 1.54) is 5.56 Å². The number of aliphatic hydroxyl groups is 1. The van der Waals surface area contributed by atoms with Gasteiger partial charge in [0.1, 0.15) is 12.2 Å². The second kappa shape index (κ2) is 6.97. The molecule has 0 bridgehead atoms. The van der Waals surface area contributed by atoms with Gasteiger partial charge in [0, 0.05) is 13.2 Å². The number of rotatable bonds is 5. The fourth-order valence-electron chi connectivity index (χ4n) is 4.60. The summed E-state index contributed by atoms with van der Waals surface area (Å²) in [5, 5.41) is 10.9. The summed E-state index contributed by atoms with van der Waals surface area (Å²) in [5.74, 6) is -0.268. The molecule has 25 heavy (non-hydrogen) atoms. The monoisotopic (exact) mass is 347 g/mol. The van der Waals surface area contributed by atoms with E-state index >= 15 is 0 Å². The molecule has 0 radical (unpaired) electrons. The van der Waals surface area contributed by atoms with Crippen molar-refractivity contribution in [1.82, 2.24) is 4.90 Å². The van der Waals surface area contributed by atoms with Gasteiger partial charge in [0.05, 0.1) is 18.8 Å². The first-order valence-electron chi connectivity index (χ1n) is 9.43. The first-order chi connectivity index (χ1) is 12.0. The van der Waals surface area contributed by atoms with Crippen LogP contribution in [0.4, 0.5) is 0 Å². The number of ether oxygens (including phenoxy) is 3. The number of nitrogens with zero attached hydrogens (tertiary/aromatic N) is 1. The van der Waals surface area contributed by atoms with E-state index in [2.05, 4.69) is 17.0 Å². The average molecular weight is 347 g/mol. The molecule has 0 aromatic heterocycles. The summed E-state index contributed by atoms with van der Waals surface area (Å²) in [4.78, 5) is 2.34. The number of piperidine rings is 1. The largest absolute Gasteiger partial charge is 0.391 e. The Balaban J connectivity index is 1.29. The summed E-state index contributed by atoms with van der Waals surface area (Å²) in [6.07, 6.45) is 1.59. The van der Waals surface area contributed by atoms with Crippen molar-refractivity contribution in [3.05, 3.63) is 35.9 Å². The third kappa shape index (κ3) is 3.62. The second-order valence-electron chi connectivity index (χ2n) is 7.99. The second-order valence-corrected chi connectivity index (χ2v) is 7.99. The van der Waals surface area contributed by atoms with Crippen LogP contribution in [0.3, 0.4) is 0 Å². The van der Waals surface area contributed by atoms with Crippen LogP contribution in [0.15, 0.2) is 30.3 Å². The normalized spacial score (nSPS) is 37.0. The maximum atomic E-state index is 10.9. The molecule has 0 saturated carbocycles. The fraction of sp³-hybridized carbons (Fsp3) is 0.700. The Morgan fingerprint density at radius 1 is 1.24 bits per heavy atom. The fourth-order valence-corrected chi connectivity index (χ4v) is 4.60. The van der Waals surface area contributed by atoms with Gasteiger partial charge in [-0.1, -0.05) is 30.3 Å². The molecule has 5 atom stereocenters. The van der Waals surface area contributed by atoms with Crippen LogP contribution in [0.5, 0.6) is 0 Å². The standard InChI is InChI=1S/C20H29NO4/c1-20(2)24-16-12-21-10-8-15(18(22)17(21)19(16)25-20)9-11-23-13-14-6-4-3-5-7-14/h3-7,15-19,22H,8-13H2,1-2H3/t15-,16?,17+,18+,19+/m0/s1. The molecule has 3 aliphatic heterocycles. The molecular weight excluding hydrogens is 318 g/mol. The van der Waals surface area contributed by atoms with Gasteiger partial charge >= 0.3 is 0 Å². The van der Waals surface area contributed by atoms with Crippen molar-refractivity contribution in [3.63, 3.8) is 0 Å². The molecular formula is C20H29NO4. The molecule has 5 nitrogen and oxygen atoms in total. The minimum absolute atomic E-state index is 0.0157. The van der Waals surface area contributed by atoms with Crippen LogP contribution in [0.2, 0.25) is 0 Å². The van der Waals surface area contributed by atoms with Crippen molar-refractivity contribution < 1.29 is 19.3 Å². The Bertz CT molecular complexity index is 578. The molecule has 1 N–H and O–H groups in total. The predicted molar refractivity (Wildman–Crippen MR) is 94.0 cm³/mol. The zero-order chi connectivity index (χ0) is 17.4. The van der Waals surface area contributed by atoms with Crippen LogP contribution in [0, 0.1) is 5.92 Å². The minimum Gasteiger partial charge on any atom is -0.391 e. The summed E-state index contributed by atoms with van der Waals surface area (Å²) in [6, 6.07) is 10.3. The van der Waals surface area contributed by atoms with Crippen molar-refractivity contribution >= 4 is 0 Å². The molecule has 5 heteroatoms. The third-order valence-corrected chi connectivity index (χ3v) is 5.76. The van der Waals surface area contributed by atoms with Crippen LogP contribution in [0.1, 0.15) is 32.3 Å². The van der Waals surface area contributed by atoms with E-state index in [9.17, 15) is 5.11 Å². The van der Waals surface area contributed by atoms with Crippen molar-refractivity contribution in [2.75, 3.05) is 19.7 Å². The van der Waals surface area contributed by atoms with Crippen LogP contribution in [-0.4, -0.2) is 59.8 Å². The predicted octanol–water partition coefficient (Wildman–Crippen LogP) is 2.18. The average Bonchev–Trinajstić information content (AvgIpc) is 3.06. The van der Waals surface area contributed by atoms with Gasteiger partial charge in [-0.2, -0.15) is 0 Å². The third-order valence-electron chi connectivity index (χ3n) is 5.76. The highest BCUT2D eigenvalue weighted by atomic mass is 16.8. The summed E-state index contributed by atoms with van der Waals surface area (Å²) < 4.78 is 17.9. The number of hydrogen-bond donors (Lipinski definition) is 1. The number of fused-ring (bicyclic) bond motifs is 3. The smallest absolute Gasteiger partial charge is 0.163 e. The van der Waals surface area contributed by atoms with Gasteiger partial charge in [-0.15, -0.1) is 0 Å². The number of aliphatic hydroxyl groups excluding tert-OH is 1. The van der Waals surface area contributed by atoms with Gasteiger partial charge < -0.3 is 19.3 Å². The van der Waals surface area contributed by atoms with Gasteiger partial charge in [0.15, 0.2) is 5.79 Å². The van der Waals surface area contributed by atoms with Crippen LogP contribution >= 0.6 is 0 Å². The lowest BCUT2D eigenvalue weighted by molar-refractivity contribution is -0.174. The topological polar surface area (TPSA) is 51.2 Å². The van der Waals surface area contributed by atoms with Gasteiger partial charge in [0.2, 0.25) is 0 Å². The lowest BCUT2D eigenvalue weighted by atomic mass is 9.85. The van der Waals surface area contributed by atoms with Gasteiger partial charge in [0.25, 0.3) is 0 Å². The first-order valence-corrected chi connectivity index (χ1v) is 9.43. The van der Waals surface area contributed by atoms with E-state index < -0.39 is 5.79 Å². The Hall–Kier alpha value is -0.980. The Labute approximate surface area is 149 Å². The SMILES string of the molecule is CC1(C)OC2CN3CC[C@@H](CCOCc4ccccc4)[C@@H](O)[C@@H]3[C@@H]2O1. The van der Waals surface area contributed by atoms with E-state index in [4.69, 9.17) is 14.2 Å². The molecule has 1 unspecified atom stereocenters. The van der Waals surface area contributed by atoms with Crippen molar-refractivity contribution in [3.8, 4) is 0 Å². The quantitative estimate of drug-likeness (QED) is 0.828. The highest BCUT2D eigenvalue weighted by Gasteiger charge is 2.56. The van der Waals surface area contributed by atoms with E-state index in [0.717, 1.165) is 25.9 Å². The molecule has 3 fully saturated rings.